The average molecular weight is 277 g/mol. The minimum absolute atomic E-state index is 0.00714. The first kappa shape index (κ1) is 13.7. The van der Waals surface area contributed by atoms with Crippen molar-refractivity contribution in [3.05, 3.63) is 23.8 Å². The number of rotatable bonds is 4. The highest BCUT2D eigenvalue weighted by molar-refractivity contribution is 5.43. The van der Waals surface area contributed by atoms with Gasteiger partial charge in [-0.05, 0) is 37.1 Å². The summed E-state index contributed by atoms with van der Waals surface area (Å²) < 4.78 is 11.1. The fraction of sp³-hybridized carbons (Fsp3) is 0.625. The lowest BCUT2D eigenvalue weighted by Gasteiger charge is -2.49. The lowest BCUT2D eigenvalue weighted by molar-refractivity contribution is -0.0720. The minimum Gasteiger partial charge on any atom is -0.486 e. The van der Waals surface area contributed by atoms with Gasteiger partial charge in [0.05, 0.1) is 6.10 Å². The van der Waals surface area contributed by atoms with Crippen LogP contribution in [0.4, 0.5) is 0 Å². The molecule has 1 saturated carbocycles. The molecule has 0 bridgehead atoms. The summed E-state index contributed by atoms with van der Waals surface area (Å²) in [6.45, 7) is 6.40. The fourth-order valence-corrected chi connectivity index (χ4v) is 2.88. The molecule has 0 radical (unpaired) electrons. The standard InChI is InChI=1S/C16H23NO3/c1-16(2)14(10-15(16)18)17-6-5-11-3-4-12-13(9-11)20-8-7-19-12/h3-4,9,14-15,17-18H,5-8,10H2,1-2H3. The van der Waals surface area contributed by atoms with E-state index in [4.69, 9.17) is 9.47 Å². The highest BCUT2D eigenvalue weighted by atomic mass is 16.6. The van der Waals surface area contributed by atoms with E-state index in [1.54, 1.807) is 0 Å². The number of aliphatic hydroxyl groups is 1. The summed E-state index contributed by atoms with van der Waals surface area (Å²) in [7, 11) is 0. The smallest absolute Gasteiger partial charge is 0.161 e. The molecule has 1 aliphatic heterocycles. The maximum absolute atomic E-state index is 9.72. The summed E-state index contributed by atoms with van der Waals surface area (Å²) >= 11 is 0. The van der Waals surface area contributed by atoms with Crippen LogP contribution in [-0.2, 0) is 6.42 Å². The minimum atomic E-state index is -0.172. The summed E-state index contributed by atoms with van der Waals surface area (Å²) in [5, 5.41) is 13.3. The third-order valence-corrected chi connectivity index (χ3v) is 4.63. The van der Waals surface area contributed by atoms with Crippen molar-refractivity contribution in [2.24, 2.45) is 5.41 Å². The van der Waals surface area contributed by atoms with Gasteiger partial charge >= 0.3 is 0 Å². The van der Waals surface area contributed by atoms with Gasteiger partial charge in [-0.2, -0.15) is 0 Å². The summed E-state index contributed by atoms with van der Waals surface area (Å²) in [4.78, 5) is 0. The molecule has 1 fully saturated rings. The van der Waals surface area contributed by atoms with Gasteiger partial charge in [-0.15, -0.1) is 0 Å². The Morgan fingerprint density at radius 2 is 2.00 bits per heavy atom. The van der Waals surface area contributed by atoms with Crippen molar-refractivity contribution in [3.8, 4) is 11.5 Å². The zero-order chi connectivity index (χ0) is 14.2. The molecule has 2 unspecified atom stereocenters. The summed E-state index contributed by atoms with van der Waals surface area (Å²) in [5.74, 6) is 1.70. The van der Waals surface area contributed by atoms with Crippen LogP contribution in [0.25, 0.3) is 0 Å². The Hall–Kier alpha value is -1.26. The Labute approximate surface area is 120 Å². The van der Waals surface area contributed by atoms with Gasteiger partial charge in [0.15, 0.2) is 11.5 Å². The number of hydrogen-bond acceptors (Lipinski definition) is 4. The van der Waals surface area contributed by atoms with Crippen molar-refractivity contribution in [2.75, 3.05) is 19.8 Å². The molecular weight excluding hydrogens is 254 g/mol. The van der Waals surface area contributed by atoms with Crippen LogP contribution in [0, 0.1) is 5.41 Å². The SMILES string of the molecule is CC1(C)C(O)CC1NCCc1ccc2c(c1)OCCO2. The zero-order valence-electron chi connectivity index (χ0n) is 12.2. The predicted octanol–water partition coefficient (Wildman–Crippen LogP) is 1.75. The summed E-state index contributed by atoms with van der Waals surface area (Å²) in [6.07, 6.45) is 1.64. The Morgan fingerprint density at radius 3 is 2.70 bits per heavy atom. The van der Waals surface area contributed by atoms with Crippen molar-refractivity contribution < 1.29 is 14.6 Å². The van der Waals surface area contributed by atoms with Crippen molar-refractivity contribution in [1.82, 2.24) is 5.32 Å². The molecule has 2 aliphatic rings. The molecule has 20 heavy (non-hydrogen) atoms. The number of hydrogen-bond donors (Lipinski definition) is 2. The van der Waals surface area contributed by atoms with Gasteiger partial charge < -0.3 is 19.9 Å². The van der Waals surface area contributed by atoms with Gasteiger partial charge in [0.25, 0.3) is 0 Å². The van der Waals surface area contributed by atoms with E-state index in [9.17, 15) is 5.11 Å². The van der Waals surface area contributed by atoms with E-state index in [-0.39, 0.29) is 11.5 Å². The van der Waals surface area contributed by atoms with E-state index in [1.165, 1.54) is 5.56 Å². The van der Waals surface area contributed by atoms with E-state index < -0.39 is 0 Å². The molecule has 2 atom stereocenters. The first-order chi connectivity index (χ1) is 9.57. The van der Waals surface area contributed by atoms with Gasteiger partial charge in [-0.3, -0.25) is 0 Å². The highest BCUT2D eigenvalue weighted by Gasteiger charge is 2.46. The molecule has 3 rings (SSSR count). The number of fused-ring (bicyclic) bond motifs is 1. The van der Waals surface area contributed by atoms with Crippen LogP contribution >= 0.6 is 0 Å². The Morgan fingerprint density at radius 1 is 1.25 bits per heavy atom. The molecule has 4 heteroatoms. The number of nitrogens with one attached hydrogen (secondary N) is 1. The lowest BCUT2D eigenvalue weighted by atomic mass is 9.64. The van der Waals surface area contributed by atoms with Crippen molar-refractivity contribution >= 4 is 0 Å². The molecule has 110 valence electrons. The average Bonchev–Trinajstić information content (AvgIpc) is 2.46. The Balaban J connectivity index is 1.52. The van der Waals surface area contributed by atoms with E-state index in [1.807, 2.05) is 6.07 Å². The van der Waals surface area contributed by atoms with E-state index >= 15 is 0 Å². The van der Waals surface area contributed by atoms with Crippen LogP contribution in [-0.4, -0.2) is 37.0 Å². The zero-order valence-corrected chi connectivity index (χ0v) is 12.2. The van der Waals surface area contributed by atoms with Crippen LogP contribution in [0.15, 0.2) is 18.2 Å². The molecular formula is C16H23NO3. The molecule has 0 aromatic heterocycles. The van der Waals surface area contributed by atoms with E-state index in [2.05, 4.69) is 31.3 Å². The molecule has 0 spiro atoms. The van der Waals surface area contributed by atoms with Crippen molar-refractivity contribution in [2.45, 2.75) is 38.8 Å². The van der Waals surface area contributed by atoms with Crippen molar-refractivity contribution in [1.29, 1.82) is 0 Å². The maximum Gasteiger partial charge on any atom is 0.161 e. The topological polar surface area (TPSA) is 50.7 Å². The molecule has 1 aliphatic carbocycles. The van der Waals surface area contributed by atoms with Gasteiger partial charge in [0.1, 0.15) is 13.2 Å². The third-order valence-electron chi connectivity index (χ3n) is 4.63. The molecule has 1 heterocycles. The monoisotopic (exact) mass is 277 g/mol. The van der Waals surface area contributed by atoms with Gasteiger partial charge in [0.2, 0.25) is 0 Å². The summed E-state index contributed by atoms with van der Waals surface area (Å²) in [6, 6.07) is 6.56. The number of benzene rings is 1. The van der Waals surface area contributed by atoms with Gasteiger partial charge in [-0.25, -0.2) is 0 Å². The second kappa shape index (κ2) is 5.26. The number of ether oxygens (including phenoxy) is 2. The first-order valence-electron chi connectivity index (χ1n) is 7.37. The molecule has 1 aromatic carbocycles. The Bertz CT molecular complexity index is 487. The first-order valence-corrected chi connectivity index (χ1v) is 7.37. The largest absolute Gasteiger partial charge is 0.486 e. The normalized spacial score (nSPS) is 26.9. The van der Waals surface area contributed by atoms with Gasteiger partial charge in [-0.1, -0.05) is 19.9 Å². The molecule has 4 nitrogen and oxygen atoms in total. The summed E-state index contributed by atoms with van der Waals surface area (Å²) in [5.41, 5.74) is 1.24. The maximum atomic E-state index is 9.72. The van der Waals surface area contributed by atoms with Crippen LogP contribution < -0.4 is 14.8 Å². The van der Waals surface area contributed by atoms with Gasteiger partial charge in [0, 0.05) is 11.5 Å². The number of aliphatic hydroxyl groups excluding tert-OH is 1. The van der Waals surface area contributed by atoms with Crippen LogP contribution in [0.5, 0.6) is 11.5 Å². The Kier molecular flexibility index (Phi) is 3.61. The van der Waals surface area contributed by atoms with E-state index in [0.717, 1.165) is 30.9 Å². The second-order valence-electron chi connectivity index (χ2n) is 6.31. The molecule has 0 amide bonds. The molecule has 2 N–H and O–H groups in total. The predicted molar refractivity (Wildman–Crippen MR) is 77.3 cm³/mol. The fourth-order valence-electron chi connectivity index (χ4n) is 2.88. The molecule has 0 saturated heterocycles. The highest BCUT2D eigenvalue weighted by Crippen LogP contribution is 2.40. The van der Waals surface area contributed by atoms with Crippen LogP contribution in [0.2, 0.25) is 0 Å². The lowest BCUT2D eigenvalue weighted by Crippen LogP contribution is -2.60. The van der Waals surface area contributed by atoms with Crippen LogP contribution in [0.3, 0.4) is 0 Å². The van der Waals surface area contributed by atoms with Crippen LogP contribution in [0.1, 0.15) is 25.8 Å². The van der Waals surface area contributed by atoms with Crippen molar-refractivity contribution in [3.63, 3.8) is 0 Å². The molecule has 1 aromatic rings. The third kappa shape index (κ3) is 2.50. The second-order valence-corrected chi connectivity index (χ2v) is 6.31. The van der Waals surface area contributed by atoms with E-state index in [0.29, 0.717) is 19.3 Å². The quantitative estimate of drug-likeness (QED) is 0.880.